The molecule has 0 radical (unpaired) electrons. The highest BCUT2D eigenvalue weighted by atomic mass is 19.4. The van der Waals surface area contributed by atoms with Gasteiger partial charge in [-0.05, 0) is 12.5 Å². The summed E-state index contributed by atoms with van der Waals surface area (Å²) in [5.74, 6) is -1.12. The van der Waals surface area contributed by atoms with Gasteiger partial charge in [-0.15, -0.1) is 0 Å². The summed E-state index contributed by atoms with van der Waals surface area (Å²) in [6.07, 6.45) is -3.36. The number of ether oxygens (including phenoxy) is 1. The van der Waals surface area contributed by atoms with E-state index < -0.39 is 17.8 Å². The predicted octanol–water partition coefficient (Wildman–Crippen LogP) is 2.25. The summed E-state index contributed by atoms with van der Waals surface area (Å²) in [6, 6.07) is 2.69. The number of halogens is 3. The first kappa shape index (κ1) is 16.1. The van der Waals surface area contributed by atoms with Crippen LogP contribution in [0.3, 0.4) is 0 Å². The molecule has 0 aromatic carbocycles. The number of nitrogens with two attached hydrogens (primary N) is 1. The molecule has 126 valence electrons. The maximum absolute atomic E-state index is 12.9. The summed E-state index contributed by atoms with van der Waals surface area (Å²) < 4.78 is 45.2. The van der Waals surface area contributed by atoms with Crippen LogP contribution in [0.5, 0.6) is 0 Å². The second-order valence-electron chi connectivity index (χ2n) is 5.61. The normalized spacial score (nSPS) is 21.5. The Kier molecular flexibility index (Phi) is 3.63. The Hall–Kier alpha value is -2.76. The smallest absolute Gasteiger partial charge is 0.435 e. The number of alkyl halides is 3. The fraction of sp³-hybridized carbons (Fsp3) is 0.400. The molecular weight excluding hydrogens is 325 g/mol. The summed E-state index contributed by atoms with van der Waals surface area (Å²) in [6.45, 7) is 0. The minimum Gasteiger partial charge on any atom is -0.444 e. The van der Waals surface area contributed by atoms with Gasteiger partial charge in [0.1, 0.15) is 17.4 Å². The summed E-state index contributed by atoms with van der Waals surface area (Å²) in [4.78, 5) is 12.3. The molecule has 0 amide bonds. The van der Waals surface area contributed by atoms with Gasteiger partial charge >= 0.3 is 6.18 Å². The van der Waals surface area contributed by atoms with E-state index in [1.807, 2.05) is 6.07 Å². The fourth-order valence-electron chi connectivity index (χ4n) is 3.04. The molecule has 1 atom stereocenters. The van der Waals surface area contributed by atoms with Crippen LogP contribution < -0.4 is 5.73 Å². The lowest BCUT2D eigenvalue weighted by molar-refractivity contribution is -0.141. The van der Waals surface area contributed by atoms with Crippen LogP contribution >= 0.6 is 0 Å². The van der Waals surface area contributed by atoms with Crippen LogP contribution in [-0.2, 0) is 22.8 Å². The molecule has 9 heteroatoms. The lowest BCUT2D eigenvalue weighted by atomic mass is 9.79. The van der Waals surface area contributed by atoms with Gasteiger partial charge in [-0.25, -0.2) is 0 Å². The van der Waals surface area contributed by atoms with Gasteiger partial charge < -0.3 is 10.5 Å². The summed E-state index contributed by atoms with van der Waals surface area (Å²) in [5, 5.41) is 12.8. The zero-order chi connectivity index (χ0) is 17.6. The van der Waals surface area contributed by atoms with Crippen molar-refractivity contribution < 1.29 is 22.7 Å². The van der Waals surface area contributed by atoms with Crippen LogP contribution in [0.4, 0.5) is 13.2 Å². The SMILES string of the molecule is Cn1nc(C(F)(F)F)cc1[C@@H]1C(C#N)=C(N)OC2=C1C(=O)CCC2. The number of nitriles is 1. The Bertz CT molecular complexity index is 827. The molecule has 0 unspecified atom stereocenters. The van der Waals surface area contributed by atoms with Crippen LogP contribution in [0.1, 0.15) is 36.6 Å². The number of nitrogens with zero attached hydrogens (tertiary/aromatic N) is 3. The third-order valence-corrected chi connectivity index (χ3v) is 4.11. The molecule has 6 nitrogen and oxygen atoms in total. The van der Waals surface area contributed by atoms with Crippen molar-refractivity contribution in [1.82, 2.24) is 9.78 Å². The van der Waals surface area contributed by atoms with Crippen molar-refractivity contribution in [3.63, 3.8) is 0 Å². The van der Waals surface area contributed by atoms with E-state index in [9.17, 15) is 23.2 Å². The third kappa shape index (κ3) is 2.44. The number of hydrogen-bond donors (Lipinski definition) is 1. The molecular formula is C15H13F3N4O2. The maximum atomic E-state index is 12.9. The van der Waals surface area contributed by atoms with Gasteiger partial charge in [0.25, 0.3) is 0 Å². The molecule has 0 bridgehead atoms. The monoisotopic (exact) mass is 338 g/mol. The molecule has 1 aliphatic heterocycles. The Morgan fingerprint density at radius 3 is 2.75 bits per heavy atom. The Morgan fingerprint density at radius 1 is 1.46 bits per heavy atom. The molecule has 1 aliphatic carbocycles. The van der Waals surface area contributed by atoms with Gasteiger partial charge in [0, 0.05) is 25.5 Å². The van der Waals surface area contributed by atoms with E-state index in [1.54, 1.807) is 0 Å². The van der Waals surface area contributed by atoms with Gasteiger partial charge in [-0.2, -0.15) is 23.5 Å². The number of carbonyl (C=O) groups is 1. The Balaban J connectivity index is 2.20. The maximum Gasteiger partial charge on any atom is 0.435 e. The van der Waals surface area contributed by atoms with E-state index in [1.165, 1.54) is 7.05 Å². The van der Waals surface area contributed by atoms with Crippen LogP contribution in [0.25, 0.3) is 0 Å². The van der Waals surface area contributed by atoms with E-state index in [0.717, 1.165) is 10.7 Å². The fourth-order valence-corrected chi connectivity index (χ4v) is 3.04. The van der Waals surface area contributed by atoms with Crippen molar-refractivity contribution in [3.05, 3.63) is 40.2 Å². The van der Waals surface area contributed by atoms with Gasteiger partial charge in [0.15, 0.2) is 11.5 Å². The first-order valence-corrected chi connectivity index (χ1v) is 7.19. The molecule has 0 saturated heterocycles. The highest BCUT2D eigenvalue weighted by Gasteiger charge is 2.42. The van der Waals surface area contributed by atoms with E-state index >= 15 is 0 Å². The number of carbonyl (C=O) groups excluding carboxylic acids is 1. The minimum absolute atomic E-state index is 0.0767. The molecule has 0 spiro atoms. The number of hydrogen-bond acceptors (Lipinski definition) is 5. The van der Waals surface area contributed by atoms with Crippen LogP contribution in [0.15, 0.2) is 28.9 Å². The predicted molar refractivity (Wildman–Crippen MR) is 74.7 cm³/mol. The van der Waals surface area contributed by atoms with Crippen LogP contribution in [-0.4, -0.2) is 15.6 Å². The molecule has 1 aromatic rings. The van der Waals surface area contributed by atoms with Gasteiger partial charge in [0.05, 0.1) is 11.6 Å². The van der Waals surface area contributed by atoms with E-state index in [4.69, 9.17) is 10.5 Å². The van der Waals surface area contributed by atoms with Crippen molar-refractivity contribution in [2.75, 3.05) is 0 Å². The summed E-state index contributed by atoms with van der Waals surface area (Å²) in [5.41, 5.74) is 4.85. The molecule has 0 fully saturated rings. The lowest BCUT2D eigenvalue weighted by Gasteiger charge is -2.30. The standard InChI is InChI=1S/C15H13F3N4O2/c1-22-8(5-11(21-22)15(16,17)18)12-7(6-19)14(20)24-10-4-2-3-9(23)13(10)12/h5,12H,2-4,20H2,1H3/t12-/m0/s1. The highest BCUT2D eigenvalue weighted by Crippen LogP contribution is 2.44. The number of aryl methyl sites for hydroxylation is 1. The lowest BCUT2D eigenvalue weighted by Crippen LogP contribution is -2.28. The molecule has 3 rings (SSSR count). The molecule has 2 N–H and O–H groups in total. The van der Waals surface area contributed by atoms with Crippen molar-refractivity contribution in [2.45, 2.75) is 31.4 Å². The van der Waals surface area contributed by atoms with E-state index in [2.05, 4.69) is 5.10 Å². The van der Waals surface area contributed by atoms with Crippen molar-refractivity contribution >= 4 is 5.78 Å². The van der Waals surface area contributed by atoms with Crippen molar-refractivity contribution in [1.29, 1.82) is 5.26 Å². The quantitative estimate of drug-likeness (QED) is 0.847. The van der Waals surface area contributed by atoms with E-state index in [-0.39, 0.29) is 34.9 Å². The Morgan fingerprint density at radius 2 is 2.17 bits per heavy atom. The first-order valence-electron chi connectivity index (χ1n) is 7.19. The van der Waals surface area contributed by atoms with E-state index in [0.29, 0.717) is 18.6 Å². The third-order valence-electron chi connectivity index (χ3n) is 4.11. The number of allylic oxidation sites excluding steroid dienone is 3. The zero-order valence-electron chi connectivity index (χ0n) is 12.6. The Labute approximate surface area is 135 Å². The molecule has 2 heterocycles. The largest absolute Gasteiger partial charge is 0.444 e. The van der Waals surface area contributed by atoms with Crippen molar-refractivity contribution in [3.8, 4) is 6.07 Å². The number of aromatic nitrogens is 2. The molecule has 2 aliphatic rings. The van der Waals surface area contributed by atoms with Gasteiger partial charge in [0.2, 0.25) is 5.88 Å². The molecule has 0 saturated carbocycles. The number of ketones is 1. The van der Waals surface area contributed by atoms with Crippen LogP contribution in [0, 0.1) is 11.3 Å². The molecule has 24 heavy (non-hydrogen) atoms. The number of Topliss-reactive ketones (excluding diaryl/α,β-unsaturated/α-hetero) is 1. The number of rotatable bonds is 1. The average molecular weight is 338 g/mol. The topological polar surface area (TPSA) is 93.9 Å². The first-order chi connectivity index (χ1) is 11.2. The van der Waals surface area contributed by atoms with Crippen LogP contribution in [0.2, 0.25) is 0 Å². The average Bonchev–Trinajstić information content (AvgIpc) is 2.88. The minimum atomic E-state index is -4.63. The molecule has 1 aromatic heterocycles. The summed E-state index contributed by atoms with van der Waals surface area (Å²) in [7, 11) is 1.33. The van der Waals surface area contributed by atoms with Crippen molar-refractivity contribution in [2.24, 2.45) is 12.8 Å². The second-order valence-corrected chi connectivity index (χ2v) is 5.61. The highest BCUT2D eigenvalue weighted by molar-refractivity contribution is 5.99. The van der Waals surface area contributed by atoms with Gasteiger partial charge in [-0.3, -0.25) is 9.48 Å². The second kappa shape index (κ2) is 5.40. The summed E-state index contributed by atoms with van der Waals surface area (Å²) >= 11 is 0. The van der Waals surface area contributed by atoms with Gasteiger partial charge in [-0.1, -0.05) is 0 Å². The zero-order valence-corrected chi connectivity index (χ0v) is 12.6.